The minimum Gasteiger partial charge on any atom is -0.441 e. The molecule has 3 aromatic carbocycles. The Kier molecular flexibility index (Phi) is 6.12. The van der Waals surface area contributed by atoms with Gasteiger partial charge in [0.15, 0.2) is 9.84 Å². The van der Waals surface area contributed by atoms with Crippen LogP contribution in [-0.4, -0.2) is 19.3 Å². The van der Waals surface area contributed by atoms with Gasteiger partial charge in [-0.15, -0.1) is 0 Å². The van der Waals surface area contributed by atoms with Crippen molar-refractivity contribution in [3.05, 3.63) is 101 Å². The maximum Gasteiger partial charge on any atom is 0.255 e. The summed E-state index contributed by atoms with van der Waals surface area (Å²) < 4.78 is 31.0. The van der Waals surface area contributed by atoms with Crippen LogP contribution < -0.4 is 5.32 Å². The topological polar surface area (TPSA) is 89.3 Å². The third-order valence-corrected chi connectivity index (χ3v) is 6.71. The summed E-state index contributed by atoms with van der Waals surface area (Å²) in [5.74, 6) is 0.208. The van der Waals surface area contributed by atoms with Crippen molar-refractivity contribution in [2.45, 2.75) is 17.6 Å². The molecule has 162 valence electrons. The van der Waals surface area contributed by atoms with Gasteiger partial charge in [0, 0.05) is 21.8 Å². The average Bonchev–Trinajstić information content (AvgIpc) is 3.15. The van der Waals surface area contributed by atoms with E-state index in [4.69, 9.17) is 16.0 Å². The zero-order valence-electron chi connectivity index (χ0n) is 17.1. The molecule has 1 amide bonds. The molecule has 0 bridgehead atoms. The number of halogens is 1. The number of nitrogens with zero attached hydrogens (tertiary/aromatic N) is 1. The maximum atomic E-state index is 12.7. The first-order valence-electron chi connectivity index (χ1n) is 9.73. The molecular weight excluding hydrogens is 448 g/mol. The molecule has 0 fully saturated rings. The third kappa shape index (κ3) is 4.90. The van der Waals surface area contributed by atoms with Crippen molar-refractivity contribution in [2.75, 3.05) is 5.32 Å². The molecule has 1 N–H and O–H groups in total. The van der Waals surface area contributed by atoms with Gasteiger partial charge in [-0.25, -0.2) is 13.4 Å². The van der Waals surface area contributed by atoms with E-state index in [0.29, 0.717) is 39.2 Å². The van der Waals surface area contributed by atoms with E-state index in [-0.39, 0.29) is 16.6 Å². The molecule has 32 heavy (non-hydrogen) atoms. The molecule has 0 saturated heterocycles. The molecule has 0 aliphatic rings. The highest BCUT2D eigenvalue weighted by Gasteiger charge is 2.21. The van der Waals surface area contributed by atoms with Crippen molar-refractivity contribution in [1.29, 1.82) is 0 Å². The van der Waals surface area contributed by atoms with Gasteiger partial charge in [0.25, 0.3) is 5.91 Å². The predicted molar refractivity (Wildman–Crippen MR) is 123 cm³/mol. The normalized spacial score (nSPS) is 11.3. The van der Waals surface area contributed by atoms with E-state index in [1.807, 2.05) is 0 Å². The number of oxazole rings is 1. The molecule has 0 unspecified atom stereocenters. The Morgan fingerprint density at radius 3 is 2.28 bits per heavy atom. The second kappa shape index (κ2) is 8.98. The summed E-state index contributed by atoms with van der Waals surface area (Å²) in [6.45, 7) is 1.68. The van der Waals surface area contributed by atoms with Crippen molar-refractivity contribution in [1.82, 2.24) is 4.98 Å². The van der Waals surface area contributed by atoms with Crippen LogP contribution >= 0.6 is 11.6 Å². The number of hydrogen-bond acceptors (Lipinski definition) is 5. The predicted octanol–water partition coefficient (Wildman–Crippen LogP) is 5.53. The van der Waals surface area contributed by atoms with Gasteiger partial charge in [-0.2, -0.15) is 0 Å². The molecule has 0 atom stereocenters. The van der Waals surface area contributed by atoms with Gasteiger partial charge in [0.1, 0.15) is 11.5 Å². The molecular formula is C24H19ClN2O4S. The van der Waals surface area contributed by atoms with Crippen LogP contribution in [0.25, 0.3) is 11.5 Å². The van der Waals surface area contributed by atoms with E-state index in [1.54, 1.807) is 85.8 Å². The largest absolute Gasteiger partial charge is 0.441 e. The molecule has 0 radical (unpaired) electrons. The number of aryl methyl sites for hydroxylation is 1. The number of sulfone groups is 1. The van der Waals surface area contributed by atoms with E-state index in [0.717, 1.165) is 0 Å². The molecule has 0 aliphatic heterocycles. The summed E-state index contributed by atoms with van der Waals surface area (Å²) in [5, 5.41) is 3.38. The fourth-order valence-electron chi connectivity index (χ4n) is 3.08. The van der Waals surface area contributed by atoms with Crippen LogP contribution in [0.3, 0.4) is 0 Å². The van der Waals surface area contributed by atoms with Gasteiger partial charge >= 0.3 is 0 Å². The summed E-state index contributed by atoms with van der Waals surface area (Å²) >= 11 is 5.86. The maximum absolute atomic E-state index is 12.7. The van der Waals surface area contributed by atoms with Gasteiger partial charge in [-0.3, -0.25) is 4.79 Å². The molecule has 1 aromatic heterocycles. The zero-order chi connectivity index (χ0) is 22.7. The number of carbonyl (C=O) groups excluding carboxylic acids is 1. The van der Waals surface area contributed by atoms with Crippen LogP contribution in [0, 0.1) is 6.92 Å². The number of amides is 1. The van der Waals surface area contributed by atoms with E-state index in [9.17, 15) is 13.2 Å². The summed E-state index contributed by atoms with van der Waals surface area (Å²) in [4.78, 5) is 17.1. The van der Waals surface area contributed by atoms with Crippen molar-refractivity contribution in [2.24, 2.45) is 0 Å². The lowest BCUT2D eigenvalue weighted by Crippen LogP contribution is -2.11. The lowest BCUT2D eigenvalue weighted by molar-refractivity contribution is 0.102. The fourth-order valence-corrected chi connectivity index (χ4v) is 4.57. The van der Waals surface area contributed by atoms with E-state index in [1.165, 1.54) is 0 Å². The van der Waals surface area contributed by atoms with Gasteiger partial charge < -0.3 is 9.73 Å². The minimum atomic E-state index is -3.54. The lowest BCUT2D eigenvalue weighted by atomic mass is 10.1. The van der Waals surface area contributed by atoms with Crippen molar-refractivity contribution < 1.29 is 17.6 Å². The first-order chi connectivity index (χ1) is 15.3. The Bertz CT molecular complexity index is 1350. The first kappa shape index (κ1) is 21.8. The monoisotopic (exact) mass is 466 g/mol. The van der Waals surface area contributed by atoms with Crippen LogP contribution in [-0.2, 0) is 15.6 Å². The fraction of sp³-hybridized carbons (Fsp3) is 0.0833. The van der Waals surface area contributed by atoms with Crippen LogP contribution in [0.2, 0.25) is 5.02 Å². The third-order valence-electron chi connectivity index (χ3n) is 4.82. The molecule has 0 spiro atoms. The minimum absolute atomic E-state index is 0.236. The standard InChI is InChI=1S/C24H19ClN2O4S/c1-16-22(15-32(29,30)21-5-3-2-4-6-21)27-24(31-16)18-9-7-17(8-10-18)23(28)26-20-13-11-19(25)12-14-20/h2-14H,15H2,1H3,(H,26,28). The Morgan fingerprint density at radius 1 is 0.969 bits per heavy atom. The summed E-state index contributed by atoms with van der Waals surface area (Å²) in [6.07, 6.45) is 0. The molecule has 0 aliphatic carbocycles. The lowest BCUT2D eigenvalue weighted by Gasteiger charge is -2.05. The number of anilines is 1. The van der Waals surface area contributed by atoms with Gasteiger partial charge in [0.05, 0.1) is 10.6 Å². The van der Waals surface area contributed by atoms with E-state index < -0.39 is 9.84 Å². The van der Waals surface area contributed by atoms with Crippen LogP contribution in [0.4, 0.5) is 5.69 Å². The quantitative estimate of drug-likeness (QED) is 0.403. The van der Waals surface area contributed by atoms with E-state index in [2.05, 4.69) is 10.3 Å². The molecule has 8 heteroatoms. The highest BCUT2D eigenvalue weighted by Crippen LogP contribution is 2.25. The number of aromatic nitrogens is 1. The molecule has 4 aromatic rings. The molecule has 0 saturated carbocycles. The number of benzene rings is 3. The summed E-state index contributed by atoms with van der Waals surface area (Å²) in [7, 11) is -3.54. The Morgan fingerprint density at radius 2 is 1.62 bits per heavy atom. The Balaban J connectivity index is 1.50. The van der Waals surface area contributed by atoms with Gasteiger partial charge in [-0.1, -0.05) is 29.8 Å². The molecule has 6 nitrogen and oxygen atoms in total. The van der Waals surface area contributed by atoms with Crippen molar-refractivity contribution in [3.8, 4) is 11.5 Å². The summed E-state index contributed by atoms with van der Waals surface area (Å²) in [6, 6.07) is 21.8. The number of carbonyl (C=O) groups is 1. The number of nitrogens with one attached hydrogen (secondary N) is 1. The van der Waals surface area contributed by atoms with Crippen LogP contribution in [0.15, 0.2) is 88.2 Å². The molecule has 1 heterocycles. The first-order valence-corrected chi connectivity index (χ1v) is 11.8. The highest BCUT2D eigenvalue weighted by molar-refractivity contribution is 7.90. The van der Waals surface area contributed by atoms with Crippen molar-refractivity contribution in [3.63, 3.8) is 0 Å². The molecule has 4 rings (SSSR count). The number of hydrogen-bond donors (Lipinski definition) is 1. The number of rotatable bonds is 6. The average molecular weight is 467 g/mol. The Labute approximate surface area is 190 Å². The smallest absolute Gasteiger partial charge is 0.255 e. The zero-order valence-corrected chi connectivity index (χ0v) is 18.7. The SMILES string of the molecule is Cc1oc(-c2ccc(C(=O)Nc3ccc(Cl)cc3)cc2)nc1CS(=O)(=O)c1ccccc1. The van der Waals surface area contributed by atoms with Crippen LogP contribution in [0.1, 0.15) is 21.8 Å². The second-order valence-electron chi connectivity index (χ2n) is 7.13. The Hall–Kier alpha value is -3.42. The van der Waals surface area contributed by atoms with Crippen molar-refractivity contribution >= 4 is 33.0 Å². The van der Waals surface area contributed by atoms with E-state index >= 15 is 0 Å². The highest BCUT2D eigenvalue weighted by atomic mass is 35.5. The van der Waals surface area contributed by atoms with Gasteiger partial charge in [0.2, 0.25) is 5.89 Å². The van der Waals surface area contributed by atoms with Crippen LogP contribution in [0.5, 0.6) is 0 Å². The second-order valence-corrected chi connectivity index (χ2v) is 9.56. The summed E-state index contributed by atoms with van der Waals surface area (Å²) in [5.41, 5.74) is 2.09. The van der Waals surface area contributed by atoms with Gasteiger partial charge in [-0.05, 0) is 67.6 Å².